The van der Waals surface area contributed by atoms with Gasteiger partial charge in [-0.25, -0.2) is 13.6 Å². The molecule has 40 heavy (non-hydrogen) atoms. The Morgan fingerprint density at radius 3 is 2.40 bits per heavy atom. The molecule has 3 aromatic rings. The fourth-order valence-corrected chi connectivity index (χ4v) is 5.33. The van der Waals surface area contributed by atoms with Crippen molar-refractivity contribution in [2.75, 3.05) is 19.6 Å². The molecular weight excluding hydrogens is 516 g/mol. The van der Waals surface area contributed by atoms with Crippen LogP contribution in [0.1, 0.15) is 36.1 Å². The van der Waals surface area contributed by atoms with E-state index in [2.05, 4.69) is 5.32 Å². The molecule has 1 unspecified atom stereocenters. The quantitative estimate of drug-likeness (QED) is 0.462. The zero-order chi connectivity index (χ0) is 28.2. The standard InChI is InChI=1S/C30H31F2N5O3/c1-2-15-35(30(40)33-17-21-9-5-3-6-10-21)36-20-27(38)37-26(36)19-34(18-23-16-24(31)13-14-25(23)32)29(39)28(37)22-11-7-4-8-12-22/h3-14,16,26,28H,2,15,17-20H2,1H3,(H,33,40)/t26?,28-/m0/s1. The number of urea groups is 1. The maximum Gasteiger partial charge on any atom is 0.332 e. The molecule has 4 amide bonds. The van der Waals surface area contributed by atoms with E-state index < -0.39 is 29.7 Å². The Bertz CT molecular complexity index is 1370. The fraction of sp³-hybridized carbons (Fsp3) is 0.300. The largest absolute Gasteiger partial charge is 0.333 e. The molecule has 0 aromatic heterocycles. The van der Waals surface area contributed by atoms with Crippen LogP contribution in [0.5, 0.6) is 0 Å². The fourth-order valence-electron chi connectivity index (χ4n) is 5.33. The van der Waals surface area contributed by atoms with Crippen molar-refractivity contribution < 1.29 is 23.2 Å². The van der Waals surface area contributed by atoms with Crippen LogP contribution in [0.3, 0.4) is 0 Å². The number of carbonyl (C=O) groups is 3. The number of hydrogen-bond donors (Lipinski definition) is 1. The van der Waals surface area contributed by atoms with Gasteiger partial charge in [0, 0.05) is 25.2 Å². The Kier molecular flexibility index (Phi) is 8.06. The number of hydrazine groups is 1. The summed E-state index contributed by atoms with van der Waals surface area (Å²) in [5.74, 6) is -1.92. The van der Waals surface area contributed by atoms with E-state index >= 15 is 0 Å². The van der Waals surface area contributed by atoms with Crippen LogP contribution in [0.25, 0.3) is 0 Å². The summed E-state index contributed by atoms with van der Waals surface area (Å²) >= 11 is 0. The van der Waals surface area contributed by atoms with Gasteiger partial charge in [0.05, 0.1) is 13.1 Å². The molecule has 3 aromatic carbocycles. The molecule has 2 saturated heterocycles. The molecule has 0 radical (unpaired) electrons. The molecule has 1 N–H and O–H groups in total. The first-order valence-corrected chi connectivity index (χ1v) is 13.3. The third kappa shape index (κ3) is 5.53. The number of fused-ring (bicyclic) bond motifs is 1. The number of rotatable bonds is 8. The van der Waals surface area contributed by atoms with Gasteiger partial charge in [0.15, 0.2) is 0 Å². The molecule has 0 saturated carbocycles. The van der Waals surface area contributed by atoms with Crippen molar-refractivity contribution in [1.29, 1.82) is 0 Å². The van der Waals surface area contributed by atoms with Gasteiger partial charge in [-0.1, -0.05) is 67.6 Å². The lowest BCUT2D eigenvalue weighted by Crippen LogP contribution is -2.63. The summed E-state index contributed by atoms with van der Waals surface area (Å²) in [6, 6.07) is 20.2. The second-order valence-corrected chi connectivity index (χ2v) is 9.91. The Morgan fingerprint density at radius 1 is 1.00 bits per heavy atom. The van der Waals surface area contributed by atoms with Crippen LogP contribution < -0.4 is 5.32 Å². The van der Waals surface area contributed by atoms with E-state index in [4.69, 9.17) is 0 Å². The smallest absolute Gasteiger partial charge is 0.332 e. The predicted molar refractivity (Wildman–Crippen MR) is 144 cm³/mol. The average molecular weight is 548 g/mol. The van der Waals surface area contributed by atoms with Crippen molar-refractivity contribution in [3.05, 3.63) is 107 Å². The highest BCUT2D eigenvalue weighted by Crippen LogP contribution is 2.36. The molecule has 2 aliphatic heterocycles. The molecule has 0 aliphatic carbocycles. The number of benzene rings is 3. The number of amides is 4. The third-order valence-electron chi connectivity index (χ3n) is 7.21. The molecule has 0 bridgehead atoms. The maximum absolute atomic E-state index is 14.6. The second kappa shape index (κ2) is 11.8. The van der Waals surface area contributed by atoms with Gasteiger partial charge in [0.1, 0.15) is 23.8 Å². The van der Waals surface area contributed by atoms with Crippen molar-refractivity contribution in [3.63, 3.8) is 0 Å². The van der Waals surface area contributed by atoms with E-state index in [0.29, 0.717) is 25.1 Å². The normalized spacial score (nSPS) is 19.1. The summed E-state index contributed by atoms with van der Waals surface area (Å²) in [7, 11) is 0. The molecular formula is C30H31F2N5O3. The number of carbonyl (C=O) groups excluding carboxylic acids is 3. The monoisotopic (exact) mass is 547 g/mol. The minimum Gasteiger partial charge on any atom is -0.333 e. The van der Waals surface area contributed by atoms with Crippen molar-refractivity contribution in [2.45, 2.75) is 38.6 Å². The Labute approximate surface area is 231 Å². The van der Waals surface area contributed by atoms with Crippen LogP contribution in [-0.2, 0) is 22.7 Å². The van der Waals surface area contributed by atoms with E-state index in [9.17, 15) is 23.2 Å². The first kappa shape index (κ1) is 27.3. The van der Waals surface area contributed by atoms with Crippen LogP contribution in [0.15, 0.2) is 78.9 Å². The number of nitrogens with one attached hydrogen (secondary N) is 1. The number of hydrogen-bond acceptors (Lipinski definition) is 4. The molecule has 10 heteroatoms. The first-order chi connectivity index (χ1) is 19.4. The highest BCUT2D eigenvalue weighted by atomic mass is 19.1. The Balaban J connectivity index is 1.46. The van der Waals surface area contributed by atoms with Crippen molar-refractivity contribution in [3.8, 4) is 0 Å². The van der Waals surface area contributed by atoms with Crippen LogP contribution in [-0.4, -0.2) is 63.5 Å². The van der Waals surface area contributed by atoms with Gasteiger partial charge in [0.2, 0.25) is 5.91 Å². The molecule has 2 atom stereocenters. The van der Waals surface area contributed by atoms with Gasteiger partial charge in [-0.3, -0.25) is 14.6 Å². The molecule has 2 aliphatic rings. The molecule has 5 rings (SSSR count). The third-order valence-corrected chi connectivity index (χ3v) is 7.21. The highest BCUT2D eigenvalue weighted by molar-refractivity contribution is 5.92. The maximum atomic E-state index is 14.6. The zero-order valence-corrected chi connectivity index (χ0v) is 22.2. The van der Waals surface area contributed by atoms with Gasteiger partial charge in [-0.2, -0.15) is 5.01 Å². The predicted octanol–water partition coefficient (Wildman–Crippen LogP) is 4.06. The lowest BCUT2D eigenvalue weighted by molar-refractivity contribution is -0.158. The molecule has 2 fully saturated rings. The summed E-state index contributed by atoms with van der Waals surface area (Å²) in [5, 5.41) is 6.13. The summed E-state index contributed by atoms with van der Waals surface area (Å²) < 4.78 is 28.6. The van der Waals surface area contributed by atoms with Crippen LogP contribution >= 0.6 is 0 Å². The van der Waals surface area contributed by atoms with E-state index in [1.165, 1.54) is 14.8 Å². The van der Waals surface area contributed by atoms with Crippen LogP contribution in [0.4, 0.5) is 13.6 Å². The zero-order valence-electron chi connectivity index (χ0n) is 22.2. The number of piperazine rings is 1. The lowest BCUT2D eigenvalue weighted by Gasteiger charge is -2.46. The summed E-state index contributed by atoms with van der Waals surface area (Å²) in [6.07, 6.45) is -0.0452. The summed E-state index contributed by atoms with van der Waals surface area (Å²) in [5.41, 5.74) is 1.57. The van der Waals surface area contributed by atoms with Gasteiger partial charge in [-0.15, -0.1) is 0 Å². The molecule has 2 heterocycles. The van der Waals surface area contributed by atoms with Gasteiger partial charge in [0.25, 0.3) is 5.91 Å². The van der Waals surface area contributed by atoms with Crippen molar-refractivity contribution in [2.24, 2.45) is 0 Å². The number of halogens is 2. The van der Waals surface area contributed by atoms with Crippen LogP contribution in [0.2, 0.25) is 0 Å². The van der Waals surface area contributed by atoms with E-state index in [1.807, 2.05) is 43.3 Å². The van der Waals surface area contributed by atoms with Crippen molar-refractivity contribution >= 4 is 17.8 Å². The average Bonchev–Trinajstić information content (AvgIpc) is 3.28. The van der Waals surface area contributed by atoms with E-state index in [1.54, 1.807) is 29.3 Å². The summed E-state index contributed by atoms with van der Waals surface area (Å²) in [4.78, 5) is 43.7. The lowest BCUT2D eigenvalue weighted by atomic mass is 10.00. The Hall–Kier alpha value is -4.31. The SMILES string of the molecule is CCCN(C(=O)NCc1ccccc1)N1CC(=O)N2C1CN(Cc1cc(F)ccc1F)C(=O)[C@@H]2c1ccccc1. The summed E-state index contributed by atoms with van der Waals surface area (Å²) in [6.45, 7) is 2.35. The molecule has 0 spiro atoms. The van der Waals surface area contributed by atoms with E-state index in [-0.39, 0.29) is 37.1 Å². The Morgan fingerprint density at radius 2 is 1.70 bits per heavy atom. The van der Waals surface area contributed by atoms with Gasteiger partial charge < -0.3 is 15.1 Å². The minimum absolute atomic E-state index is 0.0238. The minimum atomic E-state index is -0.968. The van der Waals surface area contributed by atoms with Crippen molar-refractivity contribution in [1.82, 2.24) is 25.1 Å². The second-order valence-electron chi connectivity index (χ2n) is 9.91. The highest BCUT2D eigenvalue weighted by Gasteiger charge is 2.52. The number of nitrogens with zero attached hydrogens (tertiary/aromatic N) is 4. The molecule has 208 valence electrons. The van der Waals surface area contributed by atoms with Gasteiger partial charge >= 0.3 is 6.03 Å². The van der Waals surface area contributed by atoms with Crippen LogP contribution in [0, 0.1) is 11.6 Å². The topological polar surface area (TPSA) is 76.2 Å². The molecule has 8 nitrogen and oxygen atoms in total. The van der Waals surface area contributed by atoms with Gasteiger partial charge in [-0.05, 0) is 35.7 Å². The van der Waals surface area contributed by atoms with E-state index in [0.717, 1.165) is 23.8 Å². The first-order valence-electron chi connectivity index (χ1n) is 13.3.